The molecule has 168 valence electrons. The number of carboxylic acid groups (broad SMARTS) is 1. The summed E-state index contributed by atoms with van der Waals surface area (Å²) in [6.07, 6.45) is 1.57. The maximum absolute atomic E-state index is 12.1. The van der Waals surface area contributed by atoms with Gasteiger partial charge in [-0.1, -0.05) is 30.3 Å². The number of aromatic nitrogens is 3. The van der Waals surface area contributed by atoms with E-state index in [1.165, 1.54) is 6.20 Å². The molecule has 0 saturated heterocycles. The van der Waals surface area contributed by atoms with Crippen LogP contribution in [0, 0.1) is 0 Å². The van der Waals surface area contributed by atoms with Crippen molar-refractivity contribution in [3.63, 3.8) is 0 Å². The lowest BCUT2D eigenvalue weighted by atomic mass is 10.1. The second-order valence-electron chi connectivity index (χ2n) is 8.20. The van der Waals surface area contributed by atoms with Crippen molar-refractivity contribution < 1.29 is 19.4 Å². The number of anilines is 1. The van der Waals surface area contributed by atoms with Crippen molar-refractivity contribution in [2.24, 2.45) is 0 Å². The Kier molecular flexibility index (Phi) is 6.77. The molecule has 1 amide bonds. The van der Waals surface area contributed by atoms with Gasteiger partial charge in [0.15, 0.2) is 0 Å². The van der Waals surface area contributed by atoms with Gasteiger partial charge >= 0.3 is 12.1 Å². The summed E-state index contributed by atoms with van der Waals surface area (Å²) in [5.41, 5.74) is 7.77. The number of carboxylic acids is 1. The molecule has 0 unspecified atom stereocenters. The molecule has 0 bridgehead atoms. The molecule has 0 aliphatic rings. The molecular weight excluding hydrogens is 410 g/mol. The van der Waals surface area contributed by atoms with Crippen LogP contribution < -0.4 is 11.1 Å². The fourth-order valence-electron chi connectivity index (χ4n) is 3.32. The van der Waals surface area contributed by atoms with Crippen molar-refractivity contribution in [2.75, 3.05) is 12.3 Å². The highest BCUT2D eigenvalue weighted by Crippen LogP contribution is 2.33. The molecule has 32 heavy (non-hydrogen) atoms. The van der Waals surface area contributed by atoms with Gasteiger partial charge in [-0.25, -0.2) is 19.6 Å². The van der Waals surface area contributed by atoms with E-state index in [2.05, 4.69) is 15.3 Å². The van der Waals surface area contributed by atoms with E-state index in [0.29, 0.717) is 36.6 Å². The summed E-state index contributed by atoms with van der Waals surface area (Å²) in [6, 6.07) is 12.6. The number of hydrogen-bond donors (Lipinski definition) is 3. The summed E-state index contributed by atoms with van der Waals surface area (Å²) in [5.74, 6) is -0.947. The number of amides is 1. The second-order valence-corrected chi connectivity index (χ2v) is 8.20. The van der Waals surface area contributed by atoms with Crippen molar-refractivity contribution in [2.45, 2.75) is 39.3 Å². The molecule has 2 aromatic heterocycles. The first-order valence-electron chi connectivity index (χ1n) is 10.2. The largest absolute Gasteiger partial charge is 0.478 e. The van der Waals surface area contributed by atoms with E-state index in [1.54, 1.807) is 32.9 Å². The van der Waals surface area contributed by atoms with Gasteiger partial charge in [-0.3, -0.25) is 0 Å². The molecule has 0 fully saturated rings. The molecule has 1 aromatic carbocycles. The Labute approximate surface area is 186 Å². The minimum Gasteiger partial charge on any atom is -0.478 e. The lowest BCUT2D eigenvalue weighted by Crippen LogP contribution is -2.33. The molecule has 0 radical (unpaired) electrons. The number of nitrogens with one attached hydrogen (secondary N) is 1. The average molecular weight is 438 g/mol. The van der Waals surface area contributed by atoms with Crippen molar-refractivity contribution in [1.29, 1.82) is 0 Å². The SMILES string of the molecule is CC(C)(C)OC(=O)NCCCn1c(-c2ccnc(N)n2)cc(C(=O)O)c1-c1ccccc1. The van der Waals surface area contributed by atoms with Gasteiger partial charge in [0.05, 0.1) is 22.6 Å². The number of hydrogen-bond acceptors (Lipinski definition) is 6. The zero-order chi connectivity index (χ0) is 23.3. The van der Waals surface area contributed by atoms with Gasteiger partial charge in [-0.15, -0.1) is 0 Å². The summed E-state index contributed by atoms with van der Waals surface area (Å²) in [6.45, 7) is 6.19. The first kappa shape index (κ1) is 22.8. The van der Waals surface area contributed by atoms with Crippen molar-refractivity contribution in [3.05, 3.63) is 54.2 Å². The van der Waals surface area contributed by atoms with E-state index >= 15 is 0 Å². The third kappa shape index (κ3) is 5.63. The van der Waals surface area contributed by atoms with Crippen LogP contribution in [-0.2, 0) is 11.3 Å². The van der Waals surface area contributed by atoms with E-state index in [1.807, 2.05) is 34.9 Å². The van der Waals surface area contributed by atoms with Gasteiger partial charge < -0.3 is 25.5 Å². The number of nitrogens with two attached hydrogens (primary N) is 1. The molecule has 3 rings (SSSR count). The summed E-state index contributed by atoms with van der Waals surface area (Å²) >= 11 is 0. The fourth-order valence-corrected chi connectivity index (χ4v) is 3.32. The molecule has 3 aromatic rings. The van der Waals surface area contributed by atoms with Gasteiger partial charge in [-0.05, 0) is 44.9 Å². The number of rotatable bonds is 7. The average Bonchev–Trinajstić information content (AvgIpc) is 3.10. The van der Waals surface area contributed by atoms with Gasteiger partial charge in [0, 0.05) is 19.3 Å². The standard InChI is InChI=1S/C23H27N5O4/c1-23(2,3)32-22(31)26-11-7-13-28-18(17-10-12-25-21(24)27-17)14-16(20(29)30)19(28)15-8-5-4-6-9-15/h4-6,8-10,12,14H,7,11,13H2,1-3H3,(H,26,31)(H,29,30)(H2,24,25,27). The number of carbonyl (C=O) groups is 2. The van der Waals surface area contributed by atoms with Gasteiger partial charge in [0.2, 0.25) is 5.95 Å². The van der Waals surface area contributed by atoms with Crippen LogP contribution in [0.2, 0.25) is 0 Å². The quantitative estimate of drug-likeness (QED) is 0.479. The maximum atomic E-state index is 12.1. The van der Waals surface area contributed by atoms with E-state index in [4.69, 9.17) is 10.5 Å². The van der Waals surface area contributed by atoms with Crippen LogP contribution >= 0.6 is 0 Å². The van der Waals surface area contributed by atoms with Gasteiger partial charge in [0.25, 0.3) is 0 Å². The lowest BCUT2D eigenvalue weighted by Gasteiger charge is -2.20. The molecule has 0 spiro atoms. The topological polar surface area (TPSA) is 132 Å². The molecule has 9 heteroatoms. The van der Waals surface area contributed by atoms with Crippen molar-refractivity contribution in [1.82, 2.24) is 19.9 Å². The third-order valence-electron chi connectivity index (χ3n) is 4.54. The van der Waals surface area contributed by atoms with E-state index in [0.717, 1.165) is 5.56 Å². The Bertz CT molecular complexity index is 1100. The molecule has 0 aliphatic carbocycles. The van der Waals surface area contributed by atoms with Gasteiger partial charge in [0.1, 0.15) is 5.60 Å². The highest BCUT2D eigenvalue weighted by atomic mass is 16.6. The van der Waals surface area contributed by atoms with Crippen molar-refractivity contribution >= 4 is 18.0 Å². The molecule has 0 aliphatic heterocycles. The Hall–Kier alpha value is -3.88. The third-order valence-corrected chi connectivity index (χ3v) is 4.54. The minimum atomic E-state index is -1.04. The minimum absolute atomic E-state index is 0.0972. The predicted molar refractivity (Wildman–Crippen MR) is 121 cm³/mol. The molecule has 4 N–H and O–H groups in total. The van der Waals surface area contributed by atoms with Gasteiger partial charge in [-0.2, -0.15) is 0 Å². The first-order valence-corrected chi connectivity index (χ1v) is 10.2. The maximum Gasteiger partial charge on any atom is 0.407 e. The normalized spacial score (nSPS) is 11.2. The van der Waals surface area contributed by atoms with Crippen LogP contribution in [0.25, 0.3) is 22.6 Å². The number of alkyl carbamates (subject to hydrolysis) is 1. The Morgan fingerprint density at radius 3 is 2.53 bits per heavy atom. The van der Waals surface area contributed by atoms with Crippen LogP contribution in [0.4, 0.5) is 10.7 Å². The lowest BCUT2D eigenvalue weighted by molar-refractivity contribution is 0.0526. The predicted octanol–water partition coefficient (Wildman–Crippen LogP) is 3.81. The number of carbonyl (C=O) groups excluding carboxylic acids is 1. The van der Waals surface area contributed by atoms with Crippen LogP contribution in [0.5, 0.6) is 0 Å². The summed E-state index contributed by atoms with van der Waals surface area (Å²) in [4.78, 5) is 32.2. The Balaban J connectivity index is 1.94. The molecule has 9 nitrogen and oxygen atoms in total. The number of aromatic carboxylic acids is 1. The van der Waals surface area contributed by atoms with E-state index in [-0.39, 0.29) is 11.5 Å². The number of benzene rings is 1. The van der Waals surface area contributed by atoms with E-state index in [9.17, 15) is 14.7 Å². The number of nitrogen functional groups attached to an aromatic ring is 1. The Morgan fingerprint density at radius 2 is 1.91 bits per heavy atom. The van der Waals surface area contributed by atoms with E-state index < -0.39 is 17.7 Å². The van der Waals surface area contributed by atoms with Crippen LogP contribution in [-0.4, -0.2) is 43.8 Å². The van der Waals surface area contributed by atoms with Crippen LogP contribution in [0.15, 0.2) is 48.7 Å². The molecular formula is C23H27N5O4. The summed E-state index contributed by atoms with van der Waals surface area (Å²) < 4.78 is 7.15. The summed E-state index contributed by atoms with van der Waals surface area (Å²) in [7, 11) is 0. The number of ether oxygens (including phenoxy) is 1. The first-order chi connectivity index (χ1) is 15.2. The highest BCUT2D eigenvalue weighted by molar-refractivity contribution is 5.97. The Morgan fingerprint density at radius 1 is 1.19 bits per heavy atom. The smallest absolute Gasteiger partial charge is 0.407 e. The monoisotopic (exact) mass is 437 g/mol. The molecule has 0 saturated carbocycles. The highest BCUT2D eigenvalue weighted by Gasteiger charge is 2.23. The van der Waals surface area contributed by atoms with Crippen molar-refractivity contribution in [3.8, 4) is 22.6 Å². The summed E-state index contributed by atoms with van der Waals surface area (Å²) in [5, 5.41) is 12.6. The number of nitrogens with zero attached hydrogens (tertiary/aromatic N) is 3. The molecule has 0 atom stereocenters. The fraction of sp³-hybridized carbons (Fsp3) is 0.304. The van der Waals surface area contributed by atoms with Crippen LogP contribution in [0.1, 0.15) is 37.6 Å². The zero-order valence-electron chi connectivity index (χ0n) is 18.3. The second kappa shape index (κ2) is 9.51. The van der Waals surface area contributed by atoms with Crippen LogP contribution in [0.3, 0.4) is 0 Å². The molecule has 2 heterocycles. The zero-order valence-corrected chi connectivity index (χ0v) is 18.3.